The van der Waals surface area contributed by atoms with Crippen molar-refractivity contribution in [1.82, 2.24) is 9.97 Å². The molecule has 0 aliphatic rings. The van der Waals surface area contributed by atoms with Crippen LogP contribution in [0, 0.1) is 0 Å². The van der Waals surface area contributed by atoms with E-state index in [0.717, 1.165) is 0 Å². The monoisotopic (exact) mass is 172 g/mol. The first-order chi connectivity index (χ1) is 6.38. The molecule has 2 heterocycles. The van der Waals surface area contributed by atoms with Gasteiger partial charge in [0.1, 0.15) is 0 Å². The second kappa shape index (κ2) is 3.23. The van der Waals surface area contributed by atoms with E-state index in [9.17, 15) is 4.79 Å². The topological polar surface area (TPSA) is 45.8 Å². The number of rotatable bonds is 1. The fraction of sp³-hybridized carbons (Fsp3) is 0. The van der Waals surface area contributed by atoms with E-state index in [0.29, 0.717) is 11.3 Å². The molecule has 0 saturated carbocycles. The van der Waals surface area contributed by atoms with Gasteiger partial charge in [-0.1, -0.05) is 6.07 Å². The molecule has 0 spiro atoms. The number of hydrogen-bond acceptors (Lipinski definition) is 2. The lowest BCUT2D eigenvalue weighted by Gasteiger charge is -1.96. The molecule has 2 aromatic rings. The van der Waals surface area contributed by atoms with Gasteiger partial charge < -0.3 is 4.98 Å². The van der Waals surface area contributed by atoms with Gasteiger partial charge in [0.05, 0.1) is 11.3 Å². The zero-order chi connectivity index (χ0) is 9.10. The molecule has 0 aliphatic carbocycles. The van der Waals surface area contributed by atoms with Crippen LogP contribution in [0.4, 0.5) is 0 Å². The van der Waals surface area contributed by atoms with Crippen molar-refractivity contribution in [3.63, 3.8) is 0 Å². The van der Waals surface area contributed by atoms with Crippen molar-refractivity contribution < 1.29 is 0 Å². The average Bonchev–Trinajstić information content (AvgIpc) is 2.20. The van der Waals surface area contributed by atoms with Crippen molar-refractivity contribution in [2.45, 2.75) is 0 Å². The van der Waals surface area contributed by atoms with Crippen LogP contribution in [-0.4, -0.2) is 9.97 Å². The highest BCUT2D eigenvalue weighted by Gasteiger charge is 2.00. The van der Waals surface area contributed by atoms with Gasteiger partial charge in [-0.25, -0.2) is 0 Å². The maximum absolute atomic E-state index is 11.4. The van der Waals surface area contributed by atoms with Crippen LogP contribution in [-0.2, 0) is 0 Å². The number of nitrogens with one attached hydrogen (secondary N) is 1. The second-order valence-electron chi connectivity index (χ2n) is 2.64. The van der Waals surface area contributed by atoms with Crippen molar-refractivity contribution in [2.75, 3.05) is 0 Å². The number of nitrogens with zero attached hydrogens (tertiary/aromatic N) is 1. The van der Waals surface area contributed by atoms with Gasteiger partial charge in [0, 0.05) is 24.7 Å². The minimum absolute atomic E-state index is 0.0162. The molecule has 3 nitrogen and oxygen atoms in total. The highest BCUT2D eigenvalue weighted by atomic mass is 16.1. The maximum Gasteiger partial charge on any atom is 0.190 e. The summed E-state index contributed by atoms with van der Waals surface area (Å²) in [4.78, 5) is 18.3. The van der Waals surface area contributed by atoms with Gasteiger partial charge in [-0.2, -0.15) is 0 Å². The standard InChI is InChI=1S/C10H8N2O/c13-10-4-6-11-7-8(10)9-3-1-2-5-12-9/h1-7H,(H,11,13). The number of hydrogen-bond donors (Lipinski definition) is 1. The molecule has 2 rings (SSSR count). The fourth-order valence-electron chi connectivity index (χ4n) is 1.14. The number of aromatic amines is 1. The summed E-state index contributed by atoms with van der Waals surface area (Å²) in [5.74, 6) is 0. The summed E-state index contributed by atoms with van der Waals surface area (Å²) < 4.78 is 0. The van der Waals surface area contributed by atoms with Crippen LogP contribution in [0.2, 0.25) is 0 Å². The Labute approximate surface area is 75.1 Å². The highest BCUT2D eigenvalue weighted by molar-refractivity contribution is 5.56. The summed E-state index contributed by atoms with van der Waals surface area (Å²) in [7, 11) is 0. The molecule has 0 saturated heterocycles. The van der Waals surface area contributed by atoms with E-state index in [1.807, 2.05) is 18.2 Å². The summed E-state index contributed by atoms with van der Waals surface area (Å²) in [6.07, 6.45) is 4.93. The van der Waals surface area contributed by atoms with Crippen molar-refractivity contribution in [2.24, 2.45) is 0 Å². The highest BCUT2D eigenvalue weighted by Crippen LogP contribution is 2.08. The lowest BCUT2D eigenvalue weighted by atomic mass is 10.2. The van der Waals surface area contributed by atoms with Gasteiger partial charge in [-0.3, -0.25) is 9.78 Å². The molecule has 0 radical (unpaired) electrons. The zero-order valence-electron chi connectivity index (χ0n) is 6.90. The SMILES string of the molecule is O=c1cc[nH]cc1-c1ccccn1. The fourth-order valence-corrected chi connectivity index (χ4v) is 1.14. The van der Waals surface area contributed by atoms with Crippen LogP contribution >= 0.6 is 0 Å². The lowest BCUT2D eigenvalue weighted by Crippen LogP contribution is -2.03. The summed E-state index contributed by atoms with van der Waals surface area (Å²) in [6.45, 7) is 0. The van der Waals surface area contributed by atoms with Gasteiger partial charge >= 0.3 is 0 Å². The molecule has 0 unspecified atom stereocenters. The van der Waals surface area contributed by atoms with Crippen molar-refractivity contribution in [1.29, 1.82) is 0 Å². The normalized spacial score (nSPS) is 9.85. The number of pyridine rings is 2. The molecule has 0 atom stereocenters. The predicted molar refractivity (Wildman–Crippen MR) is 50.3 cm³/mol. The molecule has 1 N–H and O–H groups in total. The van der Waals surface area contributed by atoms with Crippen molar-refractivity contribution >= 4 is 0 Å². The van der Waals surface area contributed by atoms with E-state index in [4.69, 9.17) is 0 Å². The van der Waals surface area contributed by atoms with E-state index in [2.05, 4.69) is 9.97 Å². The minimum atomic E-state index is -0.0162. The predicted octanol–water partition coefficient (Wildman–Crippen LogP) is 1.44. The molecule has 0 amide bonds. The molecule has 0 aliphatic heterocycles. The van der Waals surface area contributed by atoms with Crippen molar-refractivity contribution in [3.8, 4) is 11.3 Å². The Morgan fingerprint density at radius 3 is 2.85 bits per heavy atom. The third-order valence-electron chi connectivity index (χ3n) is 1.76. The Balaban J connectivity index is 2.60. The lowest BCUT2D eigenvalue weighted by molar-refractivity contribution is 1.26. The third-order valence-corrected chi connectivity index (χ3v) is 1.76. The first-order valence-electron chi connectivity index (χ1n) is 3.96. The van der Waals surface area contributed by atoms with Crippen LogP contribution in [0.25, 0.3) is 11.3 Å². The van der Waals surface area contributed by atoms with Crippen LogP contribution in [0.15, 0.2) is 47.7 Å². The van der Waals surface area contributed by atoms with E-state index in [1.165, 1.54) is 6.07 Å². The Bertz CT molecular complexity index is 448. The molecule has 0 aromatic carbocycles. The molecular weight excluding hydrogens is 164 g/mol. The van der Waals surface area contributed by atoms with Gasteiger partial charge in [0.2, 0.25) is 0 Å². The smallest absolute Gasteiger partial charge is 0.190 e. The minimum Gasteiger partial charge on any atom is -0.367 e. The van der Waals surface area contributed by atoms with Gasteiger partial charge in [-0.05, 0) is 12.1 Å². The number of aromatic nitrogens is 2. The third kappa shape index (κ3) is 1.49. The first kappa shape index (κ1) is 7.73. The summed E-state index contributed by atoms with van der Waals surface area (Å²) in [6, 6.07) is 6.98. The van der Waals surface area contributed by atoms with Crippen LogP contribution in [0.1, 0.15) is 0 Å². The molecule has 3 heteroatoms. The summed E-state index contributed by atoms with van der Waals surface area (Å²) in [5.41, 5.74) is 1.28. The average molecular weight is 172 g/mol. The molecule has 64 valence electrons. The Kier molecular flexibility index (Phi) is 1.92. The van der Waals surface area contributed by atoms with E-state index < -0.39 is 0 Å². The van der Waals surface area contributed by atoms with Gasteiger partial charge in [-0.15, -0.1) is 0 Å². The molecule has 0 fully saturated rings. The van der Waals surface area contributed by atoms with Gasteiger partial charge in [0.15, 0.2) is 5.43 Å². The molecule has 13 heavy (non-hydrogen) atoms. The van der Waals surface area contributed by atoms with Gasteiger partial charge in [0.25, 0.3) is 0 Å². The van der Waals surface area contributed by atoms with Crippen LogP contribution in [0.5, 0.6) is 0 Å². The Hall–Kier alpha value is -1.90. The molecular formula is C10H8N2O. The second-order valence-corrected chi connectivity index (χ2v) is 2.64. The largest absolute Gasteiger partial charge is 0.367 e. The zero-order valence-corrected chi connectivity index (χ0v) is 6.90. The molecule has 2 aromatic heterocycles. The molecule has 0 bridgehead atoms. The number of H-pyrrole nitrogens is 1. The van der Waals surface area contributed by atoms with E-state index in [1.54, 1.807) is 18.6 Å². The quantitative estimate of drug-likeness (QED) is 0.707. The Morgan fingerprint density at radius 2 is 2.15 bits per heavy atom. The summed E-state index contributed by atoms with van der Waals surface area (Å²) in [5, 5.41) is 0. The first-order valence-corrected chi connectivity index (χ1v) is 3.96. The maximum atomic E-state index is 11.4. The Morgan fingerprint density at radius 1 is 1.23 bits per heavy atom. The van der Waals surface area contributed by atoms with Crippen LogP contribution in [0.3, 0.4) is 0 Å². The van der Waals surface area contributed by atoms with E-state index in [-0.39, 0.29) is 5.43 Å². The van der Waals surface area contributed by atoms with Crippen LogP contribution < -0.4 is 5.43 Å². The van der Waals surface area contributed by atoms with E-state index >= 15 is 0 Å². The summed E-state index contributed by atoms with van der Waals surface area (Å²) >= 11 is 0. The van der Waals surface area contributed by atoms with Crippen molar-refractivity contribution in [3.05, 3.63) is 53.1 Å².